The summed E-state index contributed by atoms with van der Waals surface area (Å²) in [7, 11) is 1.68. The standard InChI is InChI=1S/C19H27N3O2/c1-4-9-22(10-5-2)19(23)16-20-11-13-21(14-12-20)17-7-6-8-18(15-17)24-3/h4-8,15H,1-2,9-14,16H2,3H3. The van der Waals surface area contributed by atoms with E-state index in [-0.39, 0.29) is 5.91 Å². The van der Waals surface area contributed by atoms with Gasteiger partial charge in [0.15, 0.2) is 0 Å². The van der Waals surface area contributed by atoms with Crippen molar-refractivity contribution in [1.29, 1.82) is 0 Å². The summed E-state index contributed by atoms with van der Waals surface area (Å²) in [5.41, 5.74) is 1.17. The lowest BCUT2D eigenvalue weighted by Gasteiger charge is -2.36. The quantitative estimate of drug-likeness (QED) is 0.684. The number of ether oxygens (including phenoxy) is 1. The summed E-state index contributed by atoms with van der Waals surface area (Å²) in [6.07, 6.45) is 3.50. The molecule has 1 amide bonds. The van der Waals surface area contributed by atoms with Gasteiger partial charge in [0.2, 0.25) is 5.91 Å². The van der Waals surface area contributed by atoms with Gasteiger partial charge in [0, 0.05) is 51.0 Å². The first-order valence-corrected chi connectivity index (χ1v) is 8.29. The highest BCUT2D eigenvalue weighted by Gasteiger charge is 2.21. The van der Waals surface area contributed by atoms with Crippen LogP contribution in [0.25, 0.3) is 0 Å². The first kappa shape index (κ1) is 18.1. The van der Waals surface area contributed by atoms with Crippen molar-refractivity contribution in [1.82, 2.24) is 9.80 Å². The highest BCUT2D eigenvalue weighted by atomic mass is 16.5. The van der Waals surface area contributed by atoms with Crippen molar-refractivity contribution >= 4 is 11.6 Å². The number of amides is 1. The van der Waals surface area contributed by atoms with Gasteiger partial charge in [-0.05, 0) is 12.1 Å². The number of anilines is 1. The molecule has 5 nitrogen and oxygen atoms in total. The van der Waals surface area contributed by atoms with Gasteiger partial charge in [0.1, 0.15) is 5.75 Å². The van der Waals surface area contributed by atoms with Crippen molar-refractivity contribution in [3.05, 3.63) is 49.6 Å². The Morgan fingerprint density at radius 1 is 1.21 bits per heavy atom. The van der Waals surface area contributed by atoms with Gasteiger partial charge in [-0.2, -0.15) is 0 Å². The number of carbonyl (C=O) groups excluding carboxylic acids is 1. The van der Waals surface area contributed by atoms with E-state index in [1.54, 1.807) is 24.2 Å². The van der Waals surface area contributed by atoms with Crippen LogP contribution in [0.15, 0.2) is 49.6 Å². The molecule has 0 saturated carbocycles. The summed E-state index contributed by atoms with van der Waals surface area (Å²) in [6, 6.07) is 8.11. The Hall–Kier alpha value is -2.27. The lowest BCUT2D eigenvalue weighted by atomic mass is 10.2. The summed E-state index contributed by atoms with van der Waals surface area (Å²) in [5.74, 6) is 0.999. The van der Waals surface area contributed by atoms with Crippen LogP contribution in [0.1, 0.15) is 0 Å². The lowest BCUT2D eigenvalue weighted by molar-refractivity contribution is -0.131. The number of piperazine rings is 1. The van der Waals surface area contributed by atoms with E-state index in [2.05, 4.69) is 35.1 Å². The zero-order chi connectivity index (χ0) is 17.4. The molecule has 0 spiro atoms. The Morgan fingerprint density at radius 3 is 2.46 bits per heavy atom. The van der Waals surface area contributed by atoms with Gasteiger partial charge >= 0.3 is 0 Å². The van der Waals surface area contributed by atoms with Gasteiger partial charge in [0.05, 0.1) is 13.7 Å². The number of hydrogen-bond acceptors (Lipinski definition) is 4. The SMILES string of the molecule is C=CCN(CC=C)C(=O)CN1CCN(c2cccc(OC)c2)CC1. The van der Waals surface area contributed by atoms with Crippen molar-refractivity contribution < 1.29 is 9.53 Å². The molecule has 1 saturated heterocycles. The summed E-state index contributed by atoms with van der Waals surface area (Å²) < 4.78 is 5.29. The van der Waals surface area contributed by atoms with Gasteiger partial charge in [-0.3, -0.25) is 9.69 Å². The molecule has 24 heavy (non-hydrogen) atoms. The first-order chi connectivity index (χ1) is 11.7. The minimum Gasteiger partial charge on any atom is -0.497 e. The predicted molar refractivity (Wildman–Crippen MR) is 98.6 cm³/mol. The number of benzene rings is 1. The maximum Gasteiger partial charge on any atom is 0.237 e. The maximum absolute atomic E-state index is 12.4. The molecule has 1 fully saturated rings. The van der Waals surface area contributed by atoms with E-state index < -0.39 is 0 Å². The van der Waals surface area contributed by atoms with E-state index in [4.69, 9.17) is 4.74 Å². The minimum atomic E-state index is 0.129. The zero-order valence-electron chi connectivity index (χ0n) is 14.5. The second-order valence-corrected chi connectivity index (χ2v) is 5.84. The van der Waals surface area contributed by atoms with Crippen molar-refractivity contribution in [2.45, 2.75) is 0 Å². The molecule has 2 rings (SSSR count). The molecule has 1 heterocycles. The third-order valence-corrected chi connectivity index (χ3v) is 4.20. The summed E-state index contributed by atoms with van der Waals surface area (Å²) in [6.45, 7) is 12.6. The van der Waals surface area contributed by atoms with E-state index in [0.29, 0.717) is 19.6 Å². The van der Waals surface area contributed by atoms with E-state index in [0.717, 1.165) is 31.9 Å². The Morgan fingerprint density at radius 2 is 1.88 bits per heavy atom. The molecule has 0 N–H and O–H groups in total. The van der Waals surface area contributed by atoms with Crippen LogP contribution in [0.4, 0.5) is 5.69 Å². The van der Waals surface area contributed by atoms with Gasteiger partial charge in [0.25, 0.3) is 0 Å². The molecule has 0 aromatic heterocycles. The Bertz CT molecular complexity index is 555. The minimum absolute atomic E-state index is 0.129. The third kappa shape index (κ3) is 4.86. The normalized spacial score (nSPS) is 15.0. The van der Waals surface area contributed by atoms with Gasteiger partial charge in [-0.25, -0.2) is 0 Å². The largest absolute Gasteiger partial charge is 0.497 e. The van der Waals surface area contributed by atoms with Gasteiger partial charge in [-0.15, -0.1) is 13.2 Å². The Balaban J connectivity index is 1.86. The van der Waals surface area contributed by atoms with Gasteiger partial charge in [-0.1, -0.05) is 18.2 Å². The van der Waals surface area contributed by atoms with Crippen molar-refractivity contribution in [3.63, 3.8) is 0 Å². The lowest BCUT2D eigenvalue weighted by Crippen LogP contribution is -2.50. The van der Waals surface area contributed by atoms with E-state index >= 15 is 0 Å². The molecule has 0 radical (unpaired) electrons. The fourth-order valence-electron chi connectivity index (χ4n) is 2.85. The summed E-state index contributed by atoms with van der Waals surface area (Å²) >= 11 is 0. The van der Waals surface area contributed by atoms with Gasteiger partial charge < -0.3 is 14.5 Å². The average molecular weight is 329 g/mol. The molecule has 0 unspecified atom stereocenters. The summed E-state index contributed by atoms with van der Waals surface area (Å²) in [5, 5.41) is 0. The molecule has 0 aliphatic carbocycles. The predicted octanol–water partition coefficient (Wildman–Crippen LogP) is 2.02. The van der Waals surface area contributed by atoms with Crippen LogP contribution in [-0.2, 0) is 4.79 Å². The van der Waals surface area contributed by atoms with Crippen LogP contribution in [0.5, 0.6) is 5.75 Å². The van der Waals surface area contributed by atoms with Crippen molar-refractivity contribution in [3.8, 4) is 5.75 Å². The zero-order valence-corrected chi connectivity index (χ0v) is 14.5. The molecule has 130 valence electrons. The average Bonchev–Trinajstić information content (AvgIpc) is 2.62. The fraction of sp³-hybridized carbons (Fsp3) is 0.421. The molecule has 0 atom stereocenters. The topological polar surface area (TPSA) is 36.0 Å². The molecule has 1 aliphatic heterocycles. The van der Waals surface area contributed by atoms with E-state index in [9.17, 15) is 4.79 Å². The van der Waals surface area contributed by atoms with Crippen LogP contribution in [0.3, 0.4) is 0 Å². The molecular formula is C19H27N3O2. The van der Waals surface area contributed by atoms with Crippen LogP contribution in [0.2, 0.25) is 0 Å². The monoisotopic (exact) mass is 329 g/mol. The number of nitrogens with zero attached hydrogens (tertiary/aromatic N) is 3. The highest BCUT2D eigenvalue weighted by Crippen LogP contribution is 2.22. The molecule has 1 aromatic rings. The van der Waals surface area contributed by atoms with Crippen molar-refractivity contribution in [2.24, 2.45) is 0 Å². The number of hydrogen-bond donors (Lipinski definition) is 0. The summed E-state index contributed by atoms with van der Waals surface area (Å²) in [4.78, 5) is 18.7. The smallest absolute Gasteiger partial charge is 0.237 e. The van der Waals surface area contributed by atoms with E-state index in [1.807, 2.05) is 12.1 Å². The number of carbonyl (C=O) groups is 1. The second-order valence-electron chi connectivity index (χ2n) is 5.84. The highest BCUT2D eigenvalue weighted by molar-refractivity contribution is 5.78. The Kier molecular flexibility index (Phi) is 6.88. The molecule has 1 aromatic carbocycles. The van der Waals surface area contributed by atoms with Crippen molar-refractivity contribution in [2.75, 3.05) is 57.8 Å². The molecule has 1 aliphatic rings. The van der Waals surface area contributed by atoms with E-state index in [1.165, 1.54) is 5.69 Å². The molecule has 5 heteroatoms. The van der Waals surface area contributed by atoms with Crippen LogP contribution in [-0.4, -0.2) is 68.6 Å². The van der Waals surface area contributed by atoms with Crippen LogP contribution < -0.4 is 9.64 Å². The maximum atomic E-state index is 12.4. The first-order valence-electron chi connectivity index (χ1n) is 8.29. The second kappa shape index (κ2) is 9.13. The third-order valence-electron chi connectivity index (χ3n) is 4.20. The number of rotatable bonds is 8. The fourth-order valence-corrected chi connectivity index (χ4v) is 2.85. The van der Waals surface area contributed by atoms with Crippen LogP contribution in [0, 0.1) is 0 Å². The molecular weight excluding hydrogens is 302 g/mol. The number of methoxy groups -OCH3 is 1. The Labute approximate surface area is 144 Å². The van der Waals surface area contributed by atoms with Crippen LogP contribution >= 0.6 is 0 Å². The molecule has 0 bridgehead atoms.